The van der Waals surface area contributed by atoms with Gasteiger partial charge in [-0.2, -0.15) is 0 Å². The number of nitrogens with one attached hydrogen (secondary N) is 1. The Bertz CT molecular complexity index is 362. The summed E-state index contributed by atoms with van der Waals surface area (Å²) in [4.78, 5) is 14.1. The van der Waals surface area contributed by atoms with Crippen LogP contribution in [0, 0.1) is 6.92 Å². The maximum absolute atomic E-state index is 11.5. The molecule has 1 aromatic heterocycles. The molecule has 3 nitrogen and oxygen atoms in total. The first-order valence-electron chi connectivity index (χ1n) is 5.96. The Morgan fingerprint density at radius 2 is 2.24 bits per heavy atom. The van der Waals surface area contributed by atoms with Gasteiger partial charge in [-0.25, -0.2) is 0 Å². The molecule has 17 heavy (non-hydrogen) atoms. The summed E-state index contributed by atoms with van der Waals surface area (Å²) in [6.45, 7) is 6.19. The molecule has 0 radical (unpaired) electrons. The van der Waals surface area contributed by atoms with Crippen LogP contribution in [0.25, 0.3) is 0 Å². The van der Waals surface area contributed by atoms with E-state index in [4.69, 9.17) is 4.74 Å². The van der Waals surface area contributed by atoms with Gasteiger partial charge in [-0.15, -0.1) is 11.3 Å². The van der Waals surface area contributed by atoms with Crippen molar-refractivity contribution >= 4 is 17.3 Å². The standard InChI is InChI=1S/C13H21NO2S/c1-5-12(13(15)16-4)14-9(2)8-11-7-6-10(3)17-11/h6-7,9,12,14H,5,8H2,1-4H3. The van der Waals surface area contributed by atoms with Crippen LogP contribution >= 0.6 is 11.3 Å². The summed E-state index contributed by atoms with van der Waals surface area (Å²) in [5, 5.41) is 3.31. The fourth-order valence-corrected chi connectivity index (χ4v) is 2.81. The number of hydrogen-bond donors (Lipinski definition) is 1. The predicted octanol–water partition coefficient (Wildman–Crippen LogP) is 2.53. The molecule has 0 bridgehead atoms. The zero-order valence-electron chi connectivity index (χ0n) is 10.9. The van der Waals surface area contributed by atoms with Crippen molar-refractivity contribution in [2.24, 2.45) is 0 Å². The molecule has 2 unspecified atom stereocenters. The van der Waals surface area contributed by atoms with Crippen LogP contribution in [-0.2, 0) is 16.0 Å². The number of ether oxygens (including phenoxy) is 1. The highest BCUT2D eigenvalue weighted by Gasteiger charge is 2.19. The van der Waals surface area contributed by atoms with Gasteiger partial charge in [-0.05, 0) is 38.8 Å². The van der Waals surface area contributed by atoms with Crippen LogP contribution in [0.4, 0.5) is 0 Å². The fraction of sp³-hybridized carbons (Fsp3) is 0.615. The van der Waals surface area contributed by atoms with Crippen molar-refractivity contribution in [3.05, 3.63) is 21.9 Å². The Balaban J connectivity index is 2.47. The predicted molar refractivity (Wildman–Crippen MR) is 71.5 cm³/mol. The van der Waals surface area contributed by atoms with E-state index in [0.717, 1.165) is 12.8 Å². The summed E-state index contributed by atoms with van der Waals surface area (Å²) in [7, 11) is 1.43. The lowest BCUT2D eigenvalue weighted by molar-refractivity contribution is -0.143. The minimum Gasteiger partial charge on any atom is -0.468 e. The lowest BCUT2D eigenvalue weighted by Gasteiger charge is -2.19. The van der Waals surface area contributed by atoms with Gasteiger partial charge in [0.1, 0.15) is 6.04 Å². The second-order valence-electron chi connectivity index (χ2n) is 4.27. The third kappa shape index (κ3) is 4.48. The molecule has 2 atom stereocenters. The lowest BCUT2D eigenvalue weighted by Crippen LogP contribution is -2.43. The van der Waals surface area contributed by atoms with E-state index in [0.29, 0.717) is 0 Å². The molecule has 0 spiro atoms. The van der Waals surface area contributed by atoms with E-state index >= 15 is 0 Å². The lowest BCUT2D eigenvalue weighted by atomic mass is 10.1. The smallest absolute Gasteiger partial charge is 0.322 e. The van der Waals surface area contributed by atoms with Crippen molar-refractivity contribution in [1.82, 2.24) is 5.32 Å². The normalized spacial score (nSPS) is 14.4. The highest BCUT2D eigenvalue weighted by Crippen LogP contribution is 2.17. The van der Waals surface area contributed by atoms with Crippen LogP contribution in [0.2, 0.25) is 0 Å². The number of esters is 1. The maximum Gasteiger partial charge on any atom is 0.322 e. The number of rotatable bonds is 6. The van der Waals surface area contributed by atoms with Crippen LogP contribution in [0.1, 0.15) is 30.0 Å². The van der Waals surface area contributed by atoms with E-state index < -0.39 is 0 Å². The van der Waals surface area contributed by atoms with Crippen molar-refractivity contribution in [1.29, 1.82) is 0 Å². The van der Waals surface area contributed by atoms with Gasteiger partial charge in [-0.3, -0.25) is 4.79 Å². The average molecular weight is 255 g/mol. The van der Waals surface area contributed by atoms with Crippen molar-refractivity contribution in [2.45, 2.75) is 45.7 Å². The van der Waals surface area contributed by atoms with Gasteiger partial charge in [0, 0.05) is 15.8 Å². The zero-order chi connectivity index (χ0) is 12.8. The first-order chi connectivity index (χ1) is 8.06. The number of hydrogen-bond acceptors (Lipinski definition) is 4. The van der Waals surface area contributed by atoms with Crippen LogP contribution in [0.3, 0.4) is 0 Å². The van der Waals surface area contributed by atoms with Gasteiger partial charge >= 0.3 is 5.97 Å². The second-order valence-corrected chi connectivity index (χ2v) is 5.64. The second kappa shape index (κ2) is 6.77. The molecule has 0 saturated carbocycles. The molecule has 4 heteroatoms. The summed E-state index contributed by atoms with van der Waals surface area (Å²) in [6, 6.07) is 4.36. The molecule has 1 rings (SSSR count). The van der Waals surface area contributed by atoms with Gasteiger partial charge in [-0.1, -0.05) is 6.92 Å². The van der Waals surface area contributed by atoms with Crippen molar-refractivity contribution in [3.8, 4) is 0 Å². The van der Waals surface area contributed by atoms with Crippen LogP contribution < -0.4 is 5.32 Å². The van der Waals surface area contributed by atoms with E-state index in [-0.39, 0.29) is 18.1 Å². The third-order valence-electron chi connectivity index (χ3n) is 2.68. The molecule has 0 fully saturated rings. The number of carbonyl (C=O) groups excluding carboxylic acids is 1. The third-order valence-corrected chi connectivity index (χ3v) is 3.71. The Morgan fingerprint density at radius 3 is 2.71 bits per heavy atom. The molecule has 1 aromatic rings. The van der Waals surface area contributed by atoms with Gasteiger partial charge in [0.15, 0.2) is 0 Å². The molecular formula is C13H21NO2S. The summed E-state index contributed by atoms with van der Waals surface area (Å²) >= 11 is 1.81. The molecule has 0 saturated heterocycles. The maximum atomic E-state index is 11.5. The monoisotopic (exact) mass is 255 g/mol. The first-order valence-corrected chi connectivity index (χ1v) is 6.77. The molecule has 0 aliphatic rings. The molecule has 96 valence electrons. The minimum atomic E-state index is -0.198. The van der Waals surface area contributed by atoms with Gasteiger partial charge in [0.25, 0.3) is 0 Å². The molecule has 1 heterocycles. The highest BCUT2D eigenvalue weighted by atomic mass is 32.1. The van der Waals surface area contributed by atoms with Gasteiger partial charge < -0.3 is 10.1 Å². The average Bonchev–Trinajstić information content (AvgIpc) is 2.70. The molecule has 0 aliphatic carbocycles. The minimum absolute atomic E-state index is 0.179. The van der Waals surface area contributed by atoms with Crippen molar-refractivity contribution < 1.29 is 9.53 Å². The van der Waals surface area contributed by atoms with Crippen molar-refractivity contribution in [3.63, 3.8) is 0 Å². The van der Waals surface area contributed by atoms with E-state index in [1.165, 1.54) is 16.9 Å². The molecule has 1 N–H and O–H groups in total. The Hall–Kier alpha value is -0.870. The zero-order valence-corrected chi connectivity index (χ0v) is 11.8. The largest absolute Gasteiger partial charge is 0.468 e. The summed E-state index contributed by atoms with van der Waals surface area (Å²) in [6.07, 6.45) is 1.70. The Morgan fingerprint density at radius 1 is 1.53 bits per heavy atom. The van der Waals surface area contributed by atoms with Crippen LogP contribution in [0.5, 0.6) is 0 Å². The highest BCUT2D eigenvalue weighted by molar-refractivity contribution is 7.11. The molecule has 0 aliphatic heterocycles. The Labute approximate surface area is 107 Å². The van der Waals surface area contributed by atoms with Crippen LogP contribution in [0.15, 0.2) is 12.1 Å². The quantitative estimate of drug-likeness (QED) is 0.794. The summed E-state index contributed by atoms with van der Waals surface area (Å²) in [5.74, 6) is -0.179. The number of aryl methyl sites for hydroxylation is 1. The number of thiophene rings is 1. The molecule has 0 aromatic carbocycles. The number of carbonyl (C=O) groups is 1. The van der Waals surface area contributed by atoms with Gasteiger partial charge in [0.2, 0.25) is 0 Å². The van der Waals surface area contributed by atoms with E-state index in [1.807, 2.05) is 18.3 Å². The summed E-state index contributed by atoms with van der Waals surface area (Å²) in [5.41, 5.74) is 0. The Kier molecular flexibility index (Phi) is 5.65. The van der Waals surface area contributed by atoms with E-state index in [1.54, 1.807) is 0 Å². The first kappa shape index (κ1) is 14.2. The van der Waals surface area contributed by atoms with E-state index in [9.17, 15) is 4.79 Å². The van der Waals surface area contributed by atoms with Crippen molar-refractivity contribution in [2.75, 3.05) is 7.11 Å². The summed E-state index contributed by atoms with van der Waals surface area (Å²) < 4.78 is 4.76. The van der Waals surface area contributed by atoms with E-state index in [2.05, 4.69) is 31.3 Å². The molecule has 0 amide bonds. The number of methoxy groups -OCH3 is 1. The molecular weight excluding hydrogens is 234 g/mol. The van der Waals surface area contributed by atoms with Crippen LogP contribution in [-0.4, -0.2) is 25.2 Å². The van der Waals surface area contributed by atoms with Gasteiger partial charge in [0.05, 0.1) is 7.11 Å². The fourth-order valence-electron chi connectivity index (χ4n) is 1.79. The SMILES string of the molecule is CCC(NC(C)Cc1ccc(C)s1)C(=O)OC. The topological polar surface area (TPSA) is 38.3 Å².